The Balaban J connectivity index is 3.05. The predicted molar refractivity (Wildman–Crippen MR) is 113 cm³/mol. The maximum Gasteiger partial charge on any atom is 0.322 e. The van der Waals surface area contributed by atoms with Crippen LogP contribution in [0.3, 0.4) is 0 Å². The van der Waals surface area contributed by atoms with Gasteiger partial charge in [-0.1, -0.05) is 12.1 Å². The first-order valence-electron chi connectivity index (χ1n) is 9.96. The number of aliphatic carboxylic acids is 3. The standard InChI is InChI=1S/C20H26N4O10/c21-12(5-6-15(26)27)18(32)23-13(7-10-1-3-11(25)4-2-10)20(34)24-14(8-16(28)29)19(33)22-9-17(30)31/h1-4,12-14,25H,5-9,21H2,(H,22,33)(H,23,32)(H,24,34)(H,26,27)(H,28,29)(H,30,31). The van der Waals surface area contributed by atoms with Gasteiger partial charge in [0.15, 0.2) is 0 Å². The molecule has 0 spiro atoms. The van der Waals surface area contributed by atoms with Crippen LogP contribution < -0.4 is 21.7 Å². The van der Waals surface area contributed by atoms with Gasteiger partial charge in [0.2, 0.25) is 17.7 Å². The SMILES string of the molecule is NC(CCC(=O)O)C(=O)NC(Cc1ccc(O)cc1)C(=O)NC(CC(=O)O)C(=O)NCC(=O)O. The molecule has 3 amide bonds. The Bertz CT molecular complexity index is 918. The second-order valence-electron chi connectivity index (χ2n) is 7.24. The molecule has 0 aromatic heterocycles. The fourth-order valence-electron chi connectivity index (χ4n) is 2.71. The molecule has 0 heterocycles. The molecule has 0 aliphatic heterocycles. The molecule has 1 aromatic rings. The highest BCUT2D eigenvalue weighted by Gasteiger charge is 2.30. The zero-order valence-electron chi connectivity index (χ0n) is 17.9. The molecule has 34 heavy (non-hydrogen) atoms. The molecule has 3 atom stereocenters. The largest absolute Gasteiger partial charge is 0.508 e. The molecule has 0 fully saturated rings. The van der Waals surface area contributed by atoms with Gasteiger partial charge in [0.25, 0.3) is 0 Å². The summed E-state index contributed by atoms with van der Waals surface area (Å²) in [7, 11) is 0. The molecule has 14 nitrogen and oxygen atoms in total. The van der Waals surface area contributed by atoms with Crippen LogP contribution >= 0.6 is 0 Å². The van der Waals surface area contributed by atoms with E-state index in [1.165, 1.54) is 24.3 Å². The van der Waals surface area contributed by atoms with Gasteiger partial charge in [-0.25, -0.2) is 0 Å². The number of phenols is 1. The molecule has 0 aliphatic rings. The Morgan fingerprint density at radius 1 is 0.794 bits per heavy atom. The van der Waals surface area contributed by atoms with E-state index in [0.717, 1.165) is 0 Å². The fourth-order valence-corrected chi connectivity index (χ4v) is 2.71. The van der Waals surface area contributed by atoms with E-state index < -0.39 is 73.1 Å². The molecule has 0 saturated heterocycles. The zero-order valence-corrected chi connectivity index (χ0v) is 17.9. The van der Waals surface area contributed by atoms with Crippen molar-refractivity contribution in [2.24, 2.45) is 5.73 Å². The smallest absolute Gasteiger partial charge is 0.322 e. The third-order valence-electron chi connectivity index (χ3n) is 4.44. The highest BCUT2D eigenvalue weighted by Crippen LogP contribution is 2.12. The molecule has 0 saturated carbocycles. The number of rotatable bonds is 14. The van der Waals surface area contributed by atoms with Gasteiger partial charge in [-0.15, -0.1) is 0 Å². The first-order chi connectivity index (χ1) is 15.9. The molecule has 9 N–H and O–H groups in total. The van der Waals surface area contributed by atoms with Gasteiger partial charge in [-0.2, -0.15) is 0 Å². The lowest BCUT2D eigenvalue weighted by molar-refractivity contribution is -0.142. The Morgan fingerprint density at radius 2 is 1.38 bits per heavy atom. The summed E-state index contributed by atoms with van der Waals surface area (Å²) in [6.07, 6.45) is -1.63. The lowest BCUT2D eigenvalue weighted by atomic mass is 10.0. The number of nitrogens with one attached hydrogen (secondary N) is 3. The van der Waals surface area contributed by atoms with Crippen molar-refractivity contribution in [2.45, 2.75) is 43.8 Å². The van der Waals surface area contributed by atoms with Crippen molar-refractivity contribution in [3.8, 4) is 5.75 Å². The van der Waals surface area contributed by atoms with Crippen LogP contribution in [0.1, 0.15) is 24.8 Å². The topological polar surface area (TPSA) is 245 Å². The van der Waals surface area contributed by atoms with Crippen molar-refractivity contribution in [3.63, 3.8) is 0 Å². The summed E-state index contributed by atoms with van der Waals surface area (Å²) in [5, 5.41) is 42.4. The average Bonchev–Trinajstić information content (AvgIpc) is 2.75. The second kappa shape index (κ2) is 13.4. The third-order valence-corrected chi connectivity index (χ3v) is 4.44. The highest BCUT2D eigenvalue weighted by molar-refractivity contribution is 5.95. The van der Waals surface area contributed by atoms with E-state index in [2.05, 4.69) is 10.6 Å². The normalized spacial score (nSPS) is 13.1. The second-order valence-corrected chi connectivity index (χ2v) is 7.24. The van der Waals surface area contributed by atoms with Crippen molar-refractivity contribution in [1.82, 2.24) is 16.0 Å². The van der Waals surface area contributed by atoms with E-state index in [9.17, 15) is 33.9 Å². The average molecular weight is 482 g/mol. The summed E-state index contributed by atoms with van der Waals surface area (Å²) in [5.74, 6) is -6.96. The van der Waals surface area contributed by atoms with Crippen LogP contribution in [-0.4, -0.2) is 80.7 Å². The van der Waals surface area contributed by atoms with Gasteiger partial charge in [-0.3, -0.25) is 28.8 Å². The van der Waals surface area contributed by atoms with Crippen LogP contribution in [-0.2, 0) is 35.2 Å². The van der Waals surface area contributed by atoms with Crippen LogP contribution in [0.25, 0.3) is 0 Å². The number of nitrogens with two attached hydrogens (primary N) is 1. The van der Waals surface area contributed by atoms with Crippen LogP contribution in [0, 0.1) is 0 Å². The van der Waals surface area contributed by atoms with Gasteiger partial charge in [-0.05, 0) is 24.1 Å². The minimum absolute atomic E-state index is 0.0545. The lowest BCUT2D eigenvalue weighted by Gasteiger charge is -2.23. The monoisotopic (exact) mass is 482 g/mol. The molecule has 1 rings (SSSR count). The fraction of sp³-hybridized carbons (Fsp3) is 0.400. The van der Waals surface area contributed by atoms with Crippen molar-refractivity contribution < 1.29 is 49.2 Å². The molecule has 0 aliphatic carbocycles. The van der Waals surface area contributed by atoms with E-state index in [0.29, 0.717) is 5.56 Å². The van der Waals surface area contributed by atoms with E-state index in [1.54, 1.807) is 0 Å². The van der Waals surface area contributed by atoms with Crippen LogP contribution in [0.5, 0.6) is 5.75 Å². The van der Waals surface area contributed by atoms with E-state index in [1.807, 2.05) is 5.32 Å². The summed E-state index contributed by atoms with van der Waals surface area (Å²) in [6.45, 7) is -0.809. The maximum absolute atomic E-state index is 12.9. The van der Waals surface area contributed by atoms with Crippen molar-refractivity contribution >= 4 is 35.6 Å². The lowest BCUT2D eigenvalue weighted by Crippen LogP contribution is -2.57. The molecule has 14 heteroatoms. The summed E-state index contributed by atoms with van der Waals surface area (Å²) in [6, 6.07) is 1.30. The van der Waals surface area contributed by atoms with Crippen molar-refractivity contribution in [2.75, 3.05) is 6.54 Å². The van der Waals surface area contributed by atoms with Crippen molar-refractivity contribution in [1.29, 1.82) is 0 Å². The van der Waals surface area contributed by atoms with Crippen LogP contribution in [0.2, 0.25) is 0 Å². The Kier molecular flexibility index (Phi) is 10.9. The number of amides is 3. The summed E-state index contributed by atoms with van der Waals surface area (Å²) in [4.78, 5) is 69.9. The molecule has 186 valence electrons. The third kappa shape index (κ3) is 10.4. The molecule has 3 unspecified atom stereocenters. The Morgan fingerprint density at radius 3 is 1.91 bits per heavy atom. The van der Waals surface area contributed by atoms with Gasteiger partial charge < -0.3 is 42.1 Å². The zero-order chi connectivity index (χ0) is 25.8. The molecular weight excluding hydrogens is 456 g/mol. The quantitative estimate of drug-likeness (QED) is 0.141. The molecule has 0 bridgehead atoms. The van der Waals surface area contributed by atoms with Gasteiger partial charge in [0.1, 0.15) is 24.4 Å². The van der Waals surface area contributed by atoms with Crippen LogP contribution in [0.4, 0.5) is 0 Å². The first kappa shape index (κ1) is 27.8. The highest BCUT2D eigenvalue weighted by atomic mass is 16.4. The number of carboxylic acid groups (broad SMARTS) is 3. The van der Waals surface area contributed by atoms with Gasteiger partial charge in [0, 0.05) is 12.8 Å². The number of hydrogen-bond donors (Lipinski definition) is 8. The minimum atomic E-state index is -1.65. The maximum atomic E-state index is 12.9. The molecular formula is C20H26N4O10. The predicted octanol–water partition coefficient (Wildman–Crippen LogP) is -2.23. The van der Waals surface area contributed by atoms with E-state index in [4.69, 9.17) is 21.1 Å². The number of phenolic OH excluding ortho intramolecular Hbond substituents is 1. The summed E-state index contributed by atoms with van der Waals surface area (Å²) in [5.41, 5.74) is 6.15. The van der Waals surface area contributed by atoms with Gasteiger partial charge in [0.05, 0.1) is 12.5 Å². The number of carbonyl (C=O) groups excluding carboxylic acids is 3. The number of aromatic hydroxyl groups is 1. The van der Waals surface area contributed by atoms with Crippen LogP contribution in [0.15, 0.2) is 24.3 Å². The summed E-state index contributed by atoms with van der Waals surface area (Å²) < 4.78 is 0. The number of benzene rings is 1. The minimum Gasteiger partial charge on any atom is -0.508 e. The number of carboxylic acids is 3. The van der Waals surface area contributed by atoms with E-state index >= 15 is 0 Å². The molecule has 0 radical (unpaired) electrons. The van der Waals surface area contributed by atoms with E-state index in [-0.39, 0.29) is 18.6 Å². The molecule has 1 aromatic carbocycles. The van der Waals surface area contributed by atoms with Crippen molar-refractivity contribution in [3.05, 3.63) is 29.8 Å². The number of carbonyl (C=O) groups is 6. The first-order valence-corrected chi connectivity index (χ1v) is 9.96. The Labute approximate surface area is 193 Å². The van der Waals surface area contributed by atoms with Gasteiger partial charge >= 0.3 is 17.9 Å². The summed E-state index contributed by atoms with van der Waals surface area (Å²) >= 11 is 0. The Hall–Kier alpha value is -4.20. The number of hydrogen-bond acceptors (Lipinski definition) is 8.